The first-order chi connectivity index (χ1) is 16.6. The van der Waals surface area contributed by atoms with Gasteiger partial charge in [-0.1, -0.05) is 55.5 Å². The van der Waals surface area contributed by atoms with Crippen LogP contribution in [-0.2, 0) is 6.42 Å². The second-order valence-electron chi connectivity index (χ2n) is 8.36. The molecule has 0 saturated carbocycles. The lowest BCUT2D eigenvalue weighted by molar-refractivity contribution is 0.102. The van der Waals surface area contributed by atoms with E-state index < -0.39 is 0 Å². The minimum atomic E-state index is -0.207. The second-order valence-corrected chi connectivity index (χ2v) is 9.25. The highest BCUT2D eigenvalue weighted by atomic mass is 32.1. The van der Waals surface area contributed by atoms with Crippen molar-refractivity contribution in [2.45, 2.75) is 32.1 Å². The number of likely N-dealkylation sites (tertiary alicyclic amines) is 1. The standard InChI is InChI=1S/C27H30N4O2S/c1-3-15-28-27(33)31-16-13-21(14-17-31)26-30-24(18-34-26)25(32)29-23-8-6-5-7-22(23)20-11-9-19(4-2)10-12-20/h3,5-12,18,21H,1,4,13-17H2,2H3,(H,28,33)(H,29,32). The number of nitrogens with zero attached hydrogens (tertiary/aromatic N) is 2. The molecule has 3 amide bonds. The molecule has 1 aliphatic heterocycles. The van der Waals surface area contributed by atoms with Crippen LogP contribution in [0.25, 0.3) is 11.1 Å². The number of benzene rings is 2. The van der Waals surface area contributed by atoms with Crippen LogP contribution in [0.4, 0.5) is 10.5 Å². The van der Waals surface area contributed by atoms with Crippen molar-refractivity contribution in [2.24, 2.45) is 0 Å². The molecular formula is C27H30N4O2S. The summed E-state index contributed by atoms with van der Waals surface area (Å²) < 4.78 is 0. The number of rotatable bonds is 7. The first-order valence-corrected chi connectivity index (χ1v) is 12.6. The predicted octanol–water partition coefficient (Wildman–Crippen LogP) is 5.70. The van der Waals surface area contributed by atoms with Crippen molar-refractivity contribution in [3.63, 3.8) is 0 Å². The summed E-state index contributed by atoms with van der Waals surface area (Å²) in [7, 11) is 0. The van der Waals surface area contributed by atoms with E-state index in [9.17, 15) is 9.59 Å². The second kappa shape index (κ2) is 11.1. The van der Waals surface area contributed by atoms with Gasteiger partial charge in [-0.15, -0.1) is 17.9 Å². The molecule has 0 spiro atoms. The zero-order valence-electron chi connectivity index (χ0n) is 19.4. The van der Waals surface area contributed by atoms with E-state index in [0.717, 1.165) is 41.1 Å². The van der Waals surface area contributed by atoms with Gasteiger partial charge >= 0.3 is 6.03 Å². The molecule has 1 fully saturated rings. The van der Waals surface area contributed by atoms with Gasteiger partial charge in [0.2, 0.25) is 0 Å². The molecule has 1 aromatic heterocycles. The Kier molecular flexibility index (Phi) is 7.75. The number of anilines is 1. The van der Waals surface area contributed by atoms with Crippen molar-refractivity contribution in [1.82, 2.24) is 15.2 Å². The van der Waals surface area contributed by atoms with Gasteiger partial charge in [0.15, 0.2) is 0 Å². The summed E-state index contributed by atoms with van der Waals surface area (Å²) >= 11 is 1.52. The Bertz CT molecular complexity index is 1150. The largest absolute Gasteiger partial charge is 0.335 e. The number of carbonyl (C=O) groups excluding carboxylic acids is 2. The van der Waals surface area contributed by atoms with Gasteiger partial charge in [-0.2, -0.15) is 0 Å². The number of hydrogen-bond donors (Lipinski definition) is 2. The normalized spacial score (nSPS) is 14.0. The number of hydrogen-bond acceptors (Lipinski definition) is 4. The molecule has 1 saturated heterocycles. The van der Waals surface area contributed by atoms with Crippen molar-refractivity contribution in [3.8, 4) is 11.1 Å². The van der Waals surface area contributed by atoms with Crippen LogP contribution in [0.1, 0.15) is 46.7 Å². The molecule has 0 aliphatic carbocycles. The molecular weight excluding hydrogens is 444 g/mol. The van der Waals surface area contributed by atoms with Crippen LogP contribution in [0.5, 0.6) is 0 Å². The zero-order chi connectivity index (χ0) is 23.9. The molecule has 0 bridgehead atoms. The molecule has 34 heavy (non-hydrogen) atoms. The Morgan fingerprint density at radius 1 is 1.15 bits per heavy atom. The van der Waals surface area contributed by atoms with Gasteiger partial charge < -0.3 is 15.5 Å². The predicted molar refractivity (Wildman–Crippen MR) is 138 cm³/mol. The lowest BCUT2D eigenvalue weighted by Crippen LogP contribution is -2.44. The number of para-hydroxylation sites is 1. The van der Waals surface area contributed by atoms with Crippen LogP contribution in [0, 0.1) is 0 Å². The van der Waals surface area contributed by atoms with E-state index in [-0.39, 0.29) is 17.9 Å². The van der Waals surface area contributed by atoms with Crippen LogP contribution < -0.4 is 10.6 Å². The highest BCUT2D eigenvalue weighted by Gasteiger charge is 2.26. The lowest BCUT2D eigenvalue weighted by atomic mass is 9.98. The Labute approximate surface area is 204 Å². The van der Waals surface area contributed by atoms with Gasteiger partial charge in [0.05, 0.1) is 5.01 Å². The number of aryl methyl sites for hydroxylation is 1. The van der Waals surface area contributed by atoms with Crippen LogP contribution >= 0.6 is 11.3 Å². The first-order valence-electron chi connectivity index (χ1n) is 11.7. The van der Waals surface area contributed by atoms with Crippen molar-refractivity contribution >= 4 is 29.0 Å². The quantitative estimate of drug-likeness (QED) is 0.431. The first kappa shape index (κ1) is 23.7. The highest BCUT2D eigenvalue weighted by Crippen LogP contribution is 2.32. The van der Waals surface area contributed by atoms with E-state index in [2.05, 4.69) is 53.4 Å². The Hall–Kier alpha value is -3.45. The average Bonchev–Trinajstić information content (AvgIpc) is 3.38. The molecule has 176 valence electrons. The molecule has 4 rings (SSSR count). The molecule has 0 unspecified atom stereocenters. The van der Waals surface area contributed by atoms with E-state index in [1.165, 1.54) is 16.9 Å². The van der Waals surface area contributed by atoms with Gasteiger partial charge in [0.1, 0.15) is 5.69 Å². The Morgan fingerprint density at radius 2 is 1.88 bits per heavy atom. The molecule has 2 heterocycles. The molecule has 3 aromatic rings. The average molecular weight is 475 g/mol. The molecule has 0 atom stereocenters. The molecule has 6 nitrogen and oxygen atoms in total. The molecule has 2 N–H and O–H groups in total. The molecule has 7 heteroatoms. The fraction of sp³-hybridized carbons (Fsp3) is 0.296. The number of nitrogens with one attached hydrogen (secondary N) is 2. The van der Waals surface area contributed by atoms with Crippen molar-refractivity contribution in [3.05, 3.63) is 82.8 Å². The maximum atomic E-state index is 13.0. The van der Waals surface area contributed by atoms with E-state index >= 15 is 0 Å². The van der Waals surface area contributed by atoms with Crippen LogP contribution in [0.15, 0.2) is 66.6 Å². The van der Waals surface area contributed by atoms with E-state index in [0.29, 0.717) is 25.3 Å². The fourth-order valence-electron chi connectivity index (χ4n) is 4.13. The summed E-state index contributed by atoms with van der Waals surface area (Å²) in [4.78, 5) is 31.6. The minimum absolute atomic E-state index is 0.0550. The molecule has 0 radical (unpaired) electrons. The van der Waals surface area contributed by atoms with Crippen LogP contribution in [0.2, 0.25) is 0 Å². The Morgan fingerprint density at radius 3 is 2.59 bits per heavy atom. The third kappa shape index (κ3) is 5.54. The zero-order valence-corrected chi connectivity index (χ0v) is 20.2. The van der Waals surface area contributed by atoms with Crippen LogP contribution in [-0.4, -0.2) is 41.5 Å². The topological polar surface area (TPSA) is 74.3 Å². The molecule has 1 aliphatic rings. The molecule has 2 aromatic carbocycles. The van der Waals surface area contributed by atoms with Crippen molar-refractivity contribution < 1.29 is 9.59 Å². The number of thiazole rings is 1. The minimum Gasteiger partial charge on any atom is -0.335 e. The summed E-state index contributed by atoms with van der Waals surface area (Å²) in [5, 5.41) is 8.66. The third-order valence-corrected chi connectivity index (χ3v) is 7.14. The summed E-state index contributed by atoms with van der Waals surface area (Å²) in [5.41, 5.74) is 4.53. The number of piperidine rings is 1. The van der Waals surface area contributed by atoms with Gasteiger partial charge in [0, 0.05) is 42.2 Å². The van der Waals surface area contributed by atoms with Gasteiger partial charge in [-0.25, -0.2) is 9.78 Å². The maximum Gasteiger partial charge on any atom is 0.317 e. The van der Waals surface area contributed by atoms with Crippen molar-refractivity contribution in [1.29, 1.82) is 0 Å². The summed E-state index contributed by atoms with van der Waals surface area (Å²) in [6.45, 7) is 7.59. The maximum absolute atomic E-state index is 13.0. The smallest absolute Gasteiger partial charge is 0.317 e. The van der Waals surface area contributed by atoms with Gasteiger partial charge in [0.25, 0.3) is 5.91 Å². The monoisotopic (exact) mass is 474 g/mol. The fourth-order valence-corrected chi connectivity index (χ4v) is 5.10. The Balaban J connectivity index is 1.40. The van der Waals surface area contributed by atoms with E-state index in [1.54, 1.807) is 6.08 Å². The summed E-state index contributed by atoms with van der Waals surface area (Å²) in [5.74, 6) is 0.0562. The summed E-state index contributed by atoms with van der Waals surface area (Å²) in [6.07, 6.45) is 4.35. The lowest BCUT2D eigenvalue weighted by Gasteiger charge is -2.31. The SMILES string of the molecule is C=CCNC(=O)N1CCC(c2nc(C(=O)Nc3ccccc3-c3ccc(CC)cc3)cs2)CC1. The highest BCUT2D eigenvalue weighted by molar-refractivity contribution is 7.10. The third-order valence-electron chi connectivity index (χ3n) is 6.13. The van der Waals surface area contributed by atoms with Crippen LogP contribution in [0.3, 0.4) is 0 Å². The van der Waals surface area contributed by atoms with Gasteiger partial charge in [-0.05, 0) is 36.5 Å². The van der Waals surface area contributed by atoms with E-state index in [4.69, 9.17) is 0 Å². The number of carbonyl (C=O) groups is 2. The van der Waals surface area contributed by atoms with E-state index in [1.807, 2.05) is 34.5 Å². The number of urea groups is 1. The van der Waals surface area contributed by atoms with Gasteiger partial charge in [-0.3, -0.25) is 4.79 Å². The number of aromatic nitrogens is 1. The number of amides is 3. The summed E-state index contributed by atoms with van der Waals surface area (Å²) in [6, 6.07) is 16.2. The van der Waals surface area contributed by atoms with Crippen molar-refractivity contribution in [2.75, 3.05) is 25.0 Å².